The lowest BCUT2D eigenvalue weighted by Gasteiger charge is -2.05. The largest absolute Gasteiger partial charge is 0.369 e. The van der Waals surface area contributed by atoms with E-state index in [0.29, 0.717) is 22.2 Å². The van der Waals surface area contributed by atoms with E-state index in [4.69, 9.17) is 11.5 Å². The molecule has 1 aromatic heterocycles. The van der Waals surface area contributed by atoms with Gasteiger partial charge in [0.25, 0.3) is 10.0 Å². The van der Waals surface area contributed by atoms with Crippen LogP contribution in [0.3, 0.4) is 0 Å². The minimum Gasteiger partial charge on any atom is -0.369 e. The third-order valence-corrected chi connectivity index (χ3v) is 6.70. The Bertz CT molecular complexity index is 1310. The molecule has 2 aromatic carbocycles. The molecule has 10 heteroatoms. The lowest BCUT2D eigenvalue weighted by atomic mass is 10.0. The van der Waals surface area contributed by atoms with E-state index in [0.717, 1.165) is 17.7 Å². The second-order valence-electron chi connectivity index (χ2n) is 7.66. The number of nitrogens with two attached hydrogens (primary N) is 2. The van der Waals surface area contributed by atoms with Gasteiger partial charge < -0.3 is 16.8 Å². The maximum atomic E-state index is 12.0. The molecule has 0 aliphatic rings. The number of anilines is 1. The summed E-state index contributed by atoms with van der Waals surface area (Å²) in [6.45, 7) is 4.38. The maximum absolute atomic E-state index is 12.0. The molecule has 0 unspecified atom stereocenters. The van der Waals surface area contributed by atoms with E-state index in [1.165, 1.54) is 35.2 Å². The van der Waals surface area contributed by atoms with Crippen molar-refractivity contribution in [2.45, 2.75) is 25.2 Å². The van der Waals surface area contributed by atoms with E-state index in [2.05, 4.69) is 46.7 Å². The second kappa shape index (κ2) is 10.3. The first-order valence-electron chi connectivity index (χ1n) is 10.1. The third-order valence-electron chi connectivity index (χ3n) is 4.51. The normalized spacial score (nSPS) is 11.8. The van der Waals surface area contributed by atoms with Crippen LogP contribution in [0.4, 0.5) is 5.69 Å². The monoisotopic (exact) mass is 480 g/mol. The van der Waals surface area contributed by atoms with Crippen LogP contribution < -0.4 is 16.8 Å². The number of hydrogen-bond donors (Lipinski definition) is 3. The summed E-state index contributed by atoms with van der Waals surface area (Å²) in [7, 11) is -3.95. The smallest absolute Gasteiger partial charge is 0.285 e. The topological polar surface area (TPSA) is 147 Å². The molecule has 170 valence electrons. The molecule has 0 aliphatic carbocycles. The SMILES string of the molecule is CC(C)Cc1ccc(-c2csc(/C(C#N)=C/Nc3ccc(S(=O)(=O)N=C(N)N)cc3)n2)cc1. The van der Waals surface area contributed by atoms with Gasteiger partial charge in [0, 0.05) is 22.8 Å². The fourth-order valence-electron chi connectivity index (χ4n) is 3.02. The Labute approximate surface area is 197 Å². The molecule has 0 aliphatic heterocycles. The highest BCUT2D eigenvalue weighted by atomic mass is 32.2. The highest BCUT2D eigenvalue weighted by molar-refractivity contribution is 7.90. The molecule has 0 fully saturated rings. The molecular formula is C23H24N6O2S2. The van der Waals surface area contributed by atoms with Crippen molar-refractivity contribution in [3.8, 4) is 17.3 Å². The van der Waals surface area contributed by atoms with Crippen molar-refractivity contribution in [2.24, 2.45) is 21.8 Å². The van der Waals surface area contributed by atoms with Gasteiger partial charge in [-0.15, -0.1) is 15.7 Å². The average molecular weight is 481 g/mol. The van der Waals surface area contributed by atoms with Gasteiger partial charge in [0.1, 0.15) is 16.6 Å². The lowest BCUT2D eigenvalue weighted by molar-refractivity contribution is 0.598. The molecule has 0 bridgehead atoms. The first kappa shape index (κ1) is 24.0. The standard InChI is InChI=1S/C23H24N6O2S2/c1-15(2)11-16-3-5-17(6-4-16)21-14-32-22(28-21)18(12-24)13-27-19-7-9-20(10-8-19)33(30,31)29-23(25)26/h3-10,13-15,27H,11H2,1-2H3,(H4,25,26,29)/b18-13+. The average Bonchev–Trinajstić information content (AvgIpc) is 3.24. The van der Waals surface area contributed by atoms with Crippen LogP contribution in [0.25, 0.3) is 16.8 Å². The molecule has 33 heavy (non-hydrogen) atoms. The Hall–Kier alpha value is -3.68. The predicted octanol–water partition coefficient (Wildman–Crippen LogP) is 3.95. The molecule has 0 amide bonds. The molecule has 0 saturated heterocycles. The first-order chi connectivity index (χ1) is 15.7. The van der Waals surface area contributed by atoms with Gasteiger partial charge in [0.15, 0.2) is 0 Å². The minimum atomic E-state index is -3.95. The van der Waals surface area contributed by atoms with Crippen molar-refractivity contribution in [1.29, 1.82) is 5.26 Å². The zero-order chi connectivity index (χ0) is 24.0. The van der Waals surface area contributed by atoms with Gasteiger partial charge in [-0.25, -0.2) is 4.98 Å². The van der Waals surface area contributed by atoms with E-state index >= 15 is 0 Å². The number of thiazole rings is 1. The van der Waals surface area contributed by atoms with Crippen LogP contribution in [0.15, 0.2) is 69.4 Å². The summed E-state index contributed by atoms with van der Waals surface area (Å²) in [6, 6.07) is 16.3. The van der Waals surface area contributed by atoms with Crippen molar-refractivity contribution < 1.29 is 8.42 Å². The Morgan fingerprint density at radius 2 is 1.85 bits per heavy atom. The fraction of sp³-hybridized carbons (Fsp3) is 0.174. The van der Waals surface area contributed by atoms with E-state index in [1.54, 1.807) is 12.1 Å². The Kier molecular flexibility index (Phi) is 7.48. The Balaban J connectivity index is 1.74. The molecule has 0 saturated carbocycles. The molecule has 8 nitrogen and oxygen atoms in total. The number of rotatable bonds is 8. The molecular weight excluding hydrogens is 456 g/mol. The van der Waals surface area contributed by atoms with Crippen molar-refractivity contribution in [3.05, 3.63) is 70.7 Å². The Morgan fingerprint density at radius 3 is 2.42 bits per heavy atom. The van der Waals surface area contributed by atoms with Crippen molar-refractivity contribution in [1.82, 2.24) is 4.98 Å². The van der Waals surface area contributed by atoms with Crippen LogP contribution in [-0.2, 0) is 16.4 Å². The Morgan fingerprint density at radius 1 is 1.18 bits per heavy atom. The van der Waals surface area contributed by atoms with Crippen LogP contribution in [0.2, 0.25) is 0 Å². The van der Waals surface area contributed by atoms with Gasteiger partial charge in [-0.2, -0.15) is 13.7 Å². The molecule has 0 spiro atoms. The summed E-state index contributed by atoms with van der Waals surface area (Å²) in [5.41, 5.74) is 14.3. The number of guanidine groups is 1. The number of benzene rings is 2. The number of aromatic nitrogens is 1. The number of nitriles is 1. The van der Waals surface area contributed by atoms with Gasteiger partial charge >= 0.3 is 0 Å². The highest BCUT2D eigenvalue weighted by Crippen LogP contribution is 2.27. The lowest BCUT2D eigenvalue weighted by Crippen LogP contribution is -2.24. The van der Waals surface area contributed by atoms with E-state index < -0.39 is 16.0 Å². The molecule has 0 radical (unpaired) electrons. The van der Waals surface area contributed by atoms with Gasteiger partial charge in [-0.05, 0) is 42.2 Å². The van der Waals surface area contributed by atoms with Crippen LogP contribution in [-0.4, -0.2) is 19.4 Å². The van der Waals surface area contributed by atoms with E-state index in [9.17, 15) is 13.7 Å². The van der Waals surface area contributed by atoms with Crippen LogP contribution in [0.5, 0.6) is 0 Å². The second-order valence-corrected chi connectivity index (χ2v) is 10.1. The van der Waals surface area contributed by atoms with Crippen LogP contribution >= 0.6 is 11.3 Å². The maximum Gasteiger partial charge on any atom is 0.285 e. The van der Waals surface area contributed by atoms with Crippen LogP contribution in [0.1, 0.15) is 24.4 Å². The zero-order valence-corrected chi connectivity index (χ0v) is 19.8. The van der Waals surface area contributed by atoms with E-state index in [-0.39, 0.29) is 4.90 Å². The number of allylic oxidation sites excluding steroid dienone is 1. The minimum absolute atomic E-state index is 0.0464. The molecule has 1 heterocycles. The number of nitrogens with zero attached hydrogens (tertiary/aromatic N) is 3. The highest BCUT2D eigenvalue weighted by Gasteiger charge is 2.13. The van der Waals surface area contributed by atoms with Crippen molar-refractivity contribution in [3.63, 3.8) is 0 Å². The van der Waals surface area contributed by atoms with Gasteiger partial charge in [-0.3, -0.25) is 0 Å². The molecule has 3 aromatic rings. The summed E-state index contributed by atoms with van der Waals surface area (Å²) in [6.07, 6.45) is 2.56. The van der Waals surface area contributed by atoms with Gasteiger partial charge in [0.05, 0.1) is 10.6 Å². The van der Waals surface area contributed by atoms with Gasteiger partial charge in [-0.1, -0.05) is 38.1 Å². The zero-order valence-electron chi connectivity index (χ0n) is 18.2. The quantitative estimate of drug-likeness (QED) is 0.251. The summed E-state index contributed by atoms with van der Waals surface area (Å²) in [5, 5.41) is 15.1. The number of hydrogen-bond acceptors (Lipinski definition) is 6. The third kappa shape index (κ3) is 6.41. The van der Waals surface area contributed by atoms with Crippen molar-refractivity contribution in [2.75, 3.05) is 5.32 Å². The summed E-state index contributed by atoms with van der Waals surface area (Å²) in [5.74, 6) is 0.0597. The van der Waals surface area contributed by atoms with Crippen LogP contribution in [0, 0.1) is 17.2 Å². The predicted molar refractivity (Wildman–Crippen MR) is 133 cm³/mol. The molecule has 3 rings (SSSR count). The number of sulfonamides is 1. The van der Waals surface area contributed by atoms with E-state index in [1.807, 2.05) is 17.5 Å². The van der Waals surface area contributed by atoms with Gasteiger partial charge in [0.2, 0.25) is 5.96 Å². The summed E-state index contributed by atoms with van der Waals surface area (Å²) in [4.78, 5) is 4.55. The summed E-state index contributed by atoms with van der Waals surface area (Å²) >= 11 is 1.38. The number of nitrogens with one attached hydrogen (secondary N) is 1. The first-order valence-corrected chi connectivity index (χ1v) is 12.4. The molecule has 0 atom stereocenters. The van der Waals surface area contributed by atoms with Crippen molar-refractivity contribution >= 4 is 38.6 Å². The molecule has 5 N–H and O–H groups in total. The fourth-order valence-corrected chi connectivity index (χ4v) is 4.68. The summed E-state index contributed by atoms with van der Waals surface area (Å²) < 4.78 is 27.3.